The molecule has 0 radical (unpaired) electrons. The van der Waals surface area contributed by atoms with Gasteiger partial charge in [-0.1, -0.05) is 0 Å². The number of hydrogen-bond donors (Lipinski definition) is 1. The van der Waals surface area contributed by atoms with Crippen molar-refractivity contribution in [3.8, 4) is 0 Å². The van der Waals surface area contributed by atoms with E-state index in [2.05, 4.69) is 0 Å². The summed E-state index contributed by atoms with van der Waals surface area (Å²) in [6, 6.07) is 3.10. The number of amides is 1. The quantitative estimate of drug-likeness (QED) is 0.925. The van der Waals surface area contributed by atoms with Crippen LogP contribution in [-0.4, -0.2) is 34.5 Å². The van der Waals surface area contributed by atoms with Crippen molar-refractivity contribution in [1.82, 2.24) is 4.90 Å². The van der Waals surface area contributed by atoms with Crippen LogP contribution in [0.5, 0.6) is 0 Å². The van der Waals surface area contributed by atoms with Crippen LogP contribution < -0.4 is 0 Å². The molecule has 5 nitrogen and oxygen atoms in total. The van der Waals surface area contributed by atoms with Gasteiger partial charge < -0.3 is 14.4 Å². The molecule has 1 unspecified atom stereocenters. The van der Waals surface area contributed by atoms with Gasteiger partial charge in [-0.3, -0.25) is 4.79 Å². The van der Waals surface area contributed by atoms with Gasteiger partial charge >= 0.3 is 5.97 Å². The van der Waals surface area contributed by atoms with Gasteiger partial charge in [0.15, 0.2) is 0 Å². The summed E-state index contributed by atoms with van der Waals surface area (Å²) >= 11 is 0. The van der Waals surface area contributed by atoms with Crippen LogP contribution in [0.1, 0.15) is 40.7 Å². The molecule has 0 spiro atoms. The lowest BCUT2D eigenvalue weighted by molar-refractivity contribution is -0.143. The normalized spacial score (nSPS) is 18.6. The molecule has 2 heterocycles. The summed E-state index contributed by atoms with van der Waals surface area (Å²) in [7, 11) is 0. The van der Waals surface area contributed by atoms with Crippen LogP contribution in [0.4, 0.5) is 0 Å². The van der Waals surface area contributed by atoms with Crippen molar-refractivity contribution in [1.29, 1.82) is 0 Å². The summed E-state index contributed by atoms with van der Waals surface area (Å²) in [6.45, 7) is 4.45. The van der Waals surface area contributed by atoms with Gasteiger partial charge in [-0.25, -0.2) is 4.79 Å². The number of carbonyl (C=O) groups excluding carboxylic acids is 1. The molecule has 1 atom stereocenters. The Morgan fingerprint density at radius 1 is 1.23 bits per heavy atom. The number of carbonyl (C=O) groups is 2. The summed E-state index contributed by atoms with van der Waals surface area (Å²) in [6.07, 6.45) is 3.63. The van der Waals surface area contributed by atoms with Crippen LogP contribution in [0.2, 0.25) is 0 Å². The minimum absolute atomic E-state index is 0.255. The first-order valence-electron chi connectivity index (χ1n) is 7.51. The van der Waals surface area contributed by atoms with Crippen molar-refractivity contribution >= 4 is 22.8 Å². The number of nitrogens with zero attached hydrogens (tertiary/aromatic N) is 1. The minimum atomic E-state index is -0.937. The summed E-state index contributed by atoms with van der Waals surface area (Å²) in [5.41, 5.74) is 3.29. The zero-order chi connectivity index (χ0) is 15.9. The summed E-state index contributed by atoms with van der Waals surface area (Å²) in [4.78, 5) is 25.6. The molecule has 22 heavy (non-hydrogen) atoms. The van der Waals surface area contributed by atoms with Crippen LogP contribution in [-0.2, 0) is 4.79 Å². The van der Waals surface area contributed by atoms with Gasteiger partial charge in [0.2, 0.25) is 0 Å². The van der Waals surface area contributed by atoms with Crippen LogP contribution in [0.3, 0.4) is 0 Å². The van der Waals surface area contributed by atoms with Crippen molar-refractivity contribution in [3.63, 3.8) is 0 Å². The number of rotatable bonds is 2. The van der Waals surface area contributed by atoms with Crippen LogP contribution in [0.15, 0.2) is 22.8 Å². The van der Waals surface area contributed by atoms with Gasteiger partial charge in [0.05, 0.1) is 5.56 Å². The maximum atomic E-state index is 12.8. The standard InChI is InChI=1S/C17H19NO4/c1-10-7-12-13(9-22-15(12)8-11(10)2)16(19)18-6-4-3-5-14(18)17(20)21/h7-9,14H,3-6H2,1-2H3,(H,20,21). The minimum Gasteiger partial charge on any atom is -0.480 e. The third-order valence-electron chi connectivity index (χ3n) is 4.47. The number of benzene rings is 1. The van der Waals surface area contributed by atoms with Gasteiger partial charge in [-0.15, -0.1) is 0 Å². The molecule has 2 aromatic rings. The Bertz CT molecular complexity index is 746. The third kappa shape index (κ3) is 2.36. The van der Waals surface area contributed by atoms with E-state index in [-0.39, 0.29) is 5.91 Å². The largest absolute Gasteiger partial charge is 0.480 e. The highest BCUT2D eigenvalue weighted by Gasteiger charge is 2.33. The Labute approximate surface area is 128 Å². The molecular formula is C17H19NO4. The van der Waals surface area contributed by atoms with Crippen LogP contribution in [0, 0.1) is 13.8 Å². The second kappa shape index (κ2) is 5.48. The first-order valence-corrected chi connectivity index (χ1v) is 7.51. The smallest absolute Gasteiger partial charge is 0.326 e. The molecule has 0 bridgehead atoms. The molecule has 116 valence electrons. The number of aliphatic carboxylic acids is 1. The van der Waals surface area contributed by atoms with Crippen molar-refractivity contribution in [2.75, 3.05) is 6.54 Å². The summed E-state index contributed by atoms with van der Waals surface area (Å²) in [5, 5.41) is 10.1. The Hall–Kier alpha value is -2.30. The first kappa shape index (κ1) is 14.6. The zero-order valence-corrected chi connectivity index (χ0v) is 12.8. The van der Waals surface area contributed by atoms with Gasteiger partial charge in [0.25, 0.3) is 5.91 Å². The Kier molecular flexibility index (Phi) is 3.64. The maximum Gasteiger partial charge on any atom is 0.326 e. The highest BCUT2D eigenvalue weighted by molar-refractivity contribution is 6.07. The highest BCUT2D eigenvalue weighted by Crippen LogP contribution is 2.28. The van der Waals surface area contributed by atoms with Crippen LogP contribution in [0.25, 0.3) is 11.0 Å². The van der Waals surface area contributed by atoms with Crippen molar-refractivity contribution in [3.05, 3.63) is 35.1 Å². The average Bonchev–Trinajstić information content (AvgIpc) is 2.89. The molecule has 1 fully saturated rings. The van der Waals surface area contributed by atoms with Gasteiger partial charge in [-0.05, 0) is 56.4 Å². The Morgan fingerprint density at radius 2 is 1.95 bits per heavy atom. The van der Waals surface area contributed by atoms with Crippen LogP contribution >= 0.6 is 0 Å². The average molecular weight is 301 g/mol. The number of furan rings is 1. The lowest BCUT2D eigenvalue weighted by Crippen LogP contribution is -2.47. The number of piperidine rings is 1. The fourth-order valence-corrected chi connectivity index (χ4v) is 3.04. The summed E-state index contributed by atoms with van der Waals surface area (Å²) < 4.78 is 5.50. The maximum absolute atomic E-state index is 12.8. The van der Waals surface area contributed by atoms with E-state index in [1.54, 1.807) is 0 Å². The molecule has 5 heteroatoms. The number of carboxylic acid groups (broad SMARTS) is 1. The van der Waals surface area contributed by atoms with E-state index in [0.717, 1.165) is 29.4 Å². The molecule has 0 saturated carbocycles. The molecule has 1 saturated heterocycles. The number of hydrogen-bond acceptors (Lipinski definition) is 3. The first-order chi connectivity index (χ1) is 10.5. The molecule has 1 amide bonds. The van der Waals surface area contributed by atoms with E-state index in [4.69, 9.17) is 4.42 Å². The predicted octanol–water partition coefficient (Wildman–Crippen LogP) is 3.13. The zero-order valence-electron chi connectivity index (χ0n) is 12.8. The molecule has 1 aromatic heterocycles. The monoisotopic (exact) mass is 301 g/mol. The van der Waals surface area contributed by atoms with E-state index in [9.17, 15) is 14.7 Å². The van der Waals surface area contributed by atoms with E-state index in [0.29, 0.717) is 24.1 Å². The lowest BCUT2D eigenvalue weighted by Gasteiger charge is -2.32. The molecule has 1 aromatic carbocycles. The molecule has 1 N–H and O–H groups in total. The SMILES string of the molecule is Cc1cc2occ(C(=O)N3CCCCC3C(=O)O)c2cc1C. The fraction of sp³-hybridized carbons (Fsp3) is 0.412. The summed E-state index contributed by atoms with van der Waals surface area (Å²) in [5.74, 6) is -1.19. The molecule has 3 rings (SSSR count). The number of aryl methyl sites for hydroxylation is 2. The highest BCUT2D eigenvalue weighted by atomic mass is 16.4. The van der Waals surface area contributed by atoms with Crippen molar-refractivity contribution in [2.45, 2.75) is 39.2 Å². The van der Waals surface area contributed by atoms with Gasteiger partial charge in [0, 0.05) is 11.9 Å². The van der Waals surface area contributed by atoms with E-state index in [1.807, 2.05) is 26.0 Å². The second-order valence-electron chi connectivity index (χ2n) is 5.93. The van der Waals surface area contributed by atoms with E-state index in [1.165, 1.54) is 11.2 Å². The fourth-order valence-electron chi connectivity index (χ4n) is 3.04. The van der Waals surface area contributed by atoms with Crippen molar-refractivity contribution < 1.29 is 19.1 Å². The Morgan fingerprint density at radius 3 is 2.68 bits per heavy atom. The number of likely N-dealkylation sites (tertiary alicyclic amines) is 1. The van der Waals surface area contributed by atoms with Gasteiger partial charge in [-0.2, -0.15) is 0 Å². The molecule has 1 aliphatic rings. The second-order valence-corrected chi connectivity index (χ2v) is 5.93. The molecular weight excluding hydrogens is 282 g/mol. The Balaban J connectivity index is 2.01. The molecule has 1 aliphatic heterocycles. The third-order valence-corrected chi connectivity index (χ3v) is 4.47. The topological polar surface area (TPSA) is 70.8 Å². The van der Waals surface area contributed by atoms with E-state index >= 15 is 0 Å². The van der Waals surface area contributed by atoms with Gasteiger partial charge in [0.1, 0.15) is 17.9 Å². The predicted molar refractivity (Wildman–Crippen MR) is 82.0 cm³/mol. The van der Waals surface area contributed by atoms with E-state index < -0.39 is 12.0 Å². The molecule has 0 aliphatic carbocycles. The number of carboxylic acids is 1. The lowest BCUT2D eigenvalue weighted by atomic mass is 10.00. The van der Waals surface area contributed by atoms with Crippen molar-refractivity contribution in [2.24, 2.45) is 0 Å². The number of fused-ring (bicyclic) bond motifs is 1.